The number of pyridine rings is 1. The summed E-state index contributed by atoms with van der Waals surface area (Å²) in [6, 6.07) is 5.43. The van der Waals surface area contributed by atoms with Crippen molar-refractivity contribution >= 4 is 15.8 Å². The standard InChI is InChI=1S/C15H15NO5S/c1-3-11-12(15(18)19)4-5-13(14(11)22(2,20)21)16-8-6-10(17)7-9-16/h4-9H,3H2,1-2H3,(H,18,19). The molecule has 2 rings (SSSR count). The van der Waals surface area contributed by atoms with E-state index >= 15 is 0 Å². The Labute approximate surface area is 127 Å². The van der Waals surface area contributed by atoms with E-state index in [-0.39, 0.29) is 27.9 Å². The molecule has 116 valence electrons. The molecule has 0 atom stereocenters. The van der Waals surface area contributed by atoms with Crippen LogP contribution in [0.2, 0.25) is 0 Å². The summed E-state index contributed by atoms with van der Waals surface area (Å²) < 4.78 is 25.8. The molecule has 0 saturated heterocycles. The van der Waals surface area contributed by atoms with Crippen LogP contribution in [0.5, 0.6) is 0 Å². The van der Waals surface area contributed by atoms with Crippen molar-refractivity contribution in [3.63, 3.8) is 0 Å². The van der Waals surface area contributed by atoms with Crippen molar-refractivity contribution < 1.29 is 18.3 Å². The highest BCUT2D eigenvalue weighted by Crippen LogP contribution is 2.28. The van der Waals surface area contributed by atoms with Crippen molar-refractivity contribution in [3.05, 3.63) is 58.0 Å². The zero-order chi connectivity index (χ0) is 16.5. The average Bonchev–Trinajstić information content (AvgIpc) is 2.45. The fourth-order valence-corrected chi connectivity index (χ4v) is 3.61. The third kappa shape index (κ3) is 2.94. The van der Waals surface area contributed by atoms with Crippen LogP contribution in [-0.2, 0) is 16.3 Å². The van der Waals surface area contributed by atoms with Crippen LogP contribution in [0.4, 0.5) is 0 Å². The van der Waals surface area contributed by atoms with E-state index in [1.54, 1.807) is 6.92 Å². The van der Waals surface area contributed by atoms with Gasteiger partial charge in [-0.1, -0.05) is 6.92 Å². The van der Waals surface area contributed by atoms with E-state index in [1.807, 2.05) is 0 Å². The maximum atomic E-state index is 12.2. The minimum absolute atomic E-state index is 0.0291. The predicted octanol–water partition coefficient (Wildman–Crippen LogP) is 1.50. The second-order valence-corrected chi connectivity index (χ2v) is 6.76. The zero-order valence-electron chi connectivity index (χ0n) is 12.1. The Bertz CT molecular complexity index is 876. The molecule has 1 heterocycles. The van der Waals surface area contributed by atoms with Crippen molar-refractivity contribution in [2.75, 3.05) is 6.26 Å². The number of sulfone groups is 1. The molecule has 2 aromatic rings. The summed E-state index contributed by atoms with van der Waals surface area (Å²) in [5, 5.41) is 9.24. The van der Waals surface area contributed by atoms with Gasteiger partial charge in [-0.2, -0.15) is 0 Å². The fraction of sp³-hybridized carbons (Fsp3) is 0.200. The Hall–Kier alpha value is -2.41. The Balaban J connectivity index is 2.88. The van der Waals surface area contributed by atoms with Crippen LogP contribution in [0.15, 0.2) is 46.3 Å². The van der Waals surface area contributed by atoms with Gasteiger partial charge in [-0.3, -0.25) is 4.79 Å². The molecule has 0 amide bonds. The molecule has 1 aromatic carbocycles. The predicted molar refractivity (Wildman–Crippen MR) is 81.5 cm³/mol. The monoisotopic (exact) mass is 321 g/mol. The summed E-state index contributed by atoms with van der Waals surface area (Å²) >= 11 is 0. The maximum Gasteiger partial charge on any atom is 0.336 e. The number of rotatable bonds is 4. The van der Waals surface area contributed by atoms with E-state index in [0.29, 0.717) is 5.69 Å². The largest absolute Gasteiger partial charge is 0.478 e. The number of carboxylic acids is 1. The van der Waals surface area contributed by atoms with Gasteiger partial charge >= 0.3 is 5.97 Å². The molecule has 7 heteroatoms. The van der Waals surface area contributed by atoms with Crippen LogP contribution in [0, 0.1) is 0 Å². The summed E-state index contributed by atoms with van der Waals surface area (Å²) in [6.07, 6.45) is 4.20. The lowest BCUT2D eigenvalue weighted by Gasteiger charge is -2.16. The van der Waals surface area contributed by atoms with Gasteiger partial charge < -0.3 is 9.67 Å². The Morgan fingerprint density at radius 3 is 2.23 bits per heavy atom. The normalized spacial score (nSPS) is 11.4. The number of carboxylic acid groups (broad SMARTS) is 1. The van der Waals surface area contributed by atoms with E-state index in [1.165, 1.54) is 41.2 Å². The minimum atomic E-state index is -3.65. The number of aromatic nitrogens is 1. The van der Waals surface area contributed by atoms with Crippen LogP contribution in [-0.4, -0.2) is 30.3 Å². The first-order chi connectivity index (χ1) is 10.3. The van der Waals surface area contributed by atoms with Crippen molar-refractivity contribution in [3.8, 4) is 5.69 Å². The van der Waals surface area contributed by atoms with Crippen molar-refractivity contribution in [2.24, 2.45) is 0 Å². The van der Waals surface area contributed by atoms with Crippen molar-refractivity contribution in [1.29, 1.82) is 0 Å². The second-order valence-electron chi connectivity index (χ2n) is 4.81. The van der Waals surface area contributed by atoms with Crippen LogP contribution >= 0.6 is 0 Å². The molecule has 0 radical (unpaired) electrons. The number of benzene rings is 1. The van der Waals surface area contributed by atoms with E-state index in [4.69, 9.17) is 0 Å². The van der Waals surface area contributed by atoms with Crippen LogP contribution in [0.25, 0.3) is 5.69 Å². The molecule has 22 heavy (non-hydrogen) atoms. The van der Waals surface area contributed by atoms with Crippen LogP contribution in [0.1, 0.15) is 22.8 Å². The molecule has 0 spiro atoms. The highest BCUT2D eigenvalue weighted by atomic mass is 32.2. The smallest absolute Gasteiger partial charge is 0.336 e. The molecule has 0 saturated carbocycles. The summed E-state index contributed by atoms with van der Waals surface area (Å²) in [4.78, 5) is 22.5. The van der Waals surface area contributed by atoms with Crippen LogP contribution in [0.3, 0.4) is 0 Å². The van der Waals surface area contributed by atoms with Gasteiger partial charge in [0, 0.05) is 30.8 Å². The maximum absolute atomic E-state index is 12.2. The molecule has 0 bridgehead atoms. The van der Waals surface area contributed by atoms with E-state index in [0.717, 1.165) is 6.26 Å². The van der Waals surface area contributed by atoms with Gasteiger partial charge in [0.2, 0.25) is 0 Å². The highest BCUT2D eigenvalue weighted by molar-refractivity contribution is 7.90. The van der Waals surface area contributed by atoms with Crippen LogP contribution < -0.4 is 5.43 Å². The van der Waals surface area contributed by atoms with Gasteiger partial charge in [0.05, 0.1) is 16.1 Å². The molecule has 6 nitrogen and oxygen atoms in total. The summed E-state index contributed by atoms with van der Waals surface area (Å²) in [7, 11) is -3.65. The fourth-order valence-electron chi connectivity index (χ4n) is 2.36. The quantitative estimate of drug-likeness (QED) is 0.921. The number of nitrogens with zero attached hydrogens (tertiary/aromatic N) is 1. The molecule has 1 aromatic heterocycles. The number of hydrogen-bond acceptors (Lipinski definition) is 4. The third-order valence-electron chi connectivity index (χ3n) is 3.27. The lowest BCUT2D eigenvalue weighted by molar-refractivity contribution is 0.0695. The van der Waals surface area contributed by atoms with Gasteiger partial charge in [0.15, 0.2) is 15.3 Å². The minimum Gasteiger partial charge on any atom is -0.478 e. The van der Waals surface area contributed by atoms with Gasteiger partial charge in [-0.15, -0.1) is 0 Å². The van der Waals surface area contributed by atoms with Crippen molar-refractivity contribution in [2.45, 2.75) is 18.2 Å². The first-order valence-electron chi connectivity index (χ1n) is 6.53. The SMILES string of the molecule is CCc1c(C(=O)O)ccc(-n2ccc(=O)cc2)c1S(C)(=O)=O. The second kappa shape index (κ2) is 5.76. The van der Waals surface area contributed by atoms with Gasteiger partial charge in [0.25, 0.3) is 0 Å². The Morgan fingerprint density at radius 1 is 1.18 bits per heavy atom. The highest BCUT2D eigenvalue weighted by Gasteiger charge is 2.23. The van der Waals surface area contributed by atoms with Gasteiger partial charge in [0.1, 0.15) is 0 Å². The molecule has 0 aliphatic rings. The summed E-state index contributed by atoms with van der Waals surface area (Å²) in [6.45, 7) is 1.70. The molecule has 0 fully saturated rings. The lowest BCUT2D eigenvalue weighted by Crippen LogP contribution is -2.14. The van der Waals surface area contributed by atoms with E-state index < -0.39 is 15.8 Å². The first kappa shape index (κ1) is 16.0. The first-order valence-corrected chi connectivity index (χ1v) is 8.42. The summed E-state index contributed by atoms with van der Waals surface area (Å²) in [5.74, 6) is -1.17. The molecule has 0 unspecified atom stereocenters. The van der Waals surface area contributed by atoms with Gasteiger partial charge in [-0.25, -0.2) is 13.2 Å². The number of aromatic carboxylic acids is 1. The van der Waals surface area contributed by atoms with Crippen molar-refractivity contribution in [1.82, 2.24) is 4.57 Å². The molecule has 0 aliphatic carbocycles. The average molecular weight is 321 g/mol. The molecule has 0 aliphatic heterocycles. The summed E-state index contributed by atoms with van der Waals surface area (Å²) in [5.41, 5.74) is 0.346. The Morgan fingerprint density at radius 2 is 1.77 bits per heavy atom. The molecular formula is C15H15NO5S. The lowest BCUT2D eigenvalue weighted by atomic mass is 10.0. The third-order valence-corrected chi connectivity index (χ3v) is 4.47. The topological polar surface area (TPSA) is 93.4 Å². The zero-order valence-corrected chi connectivity index (χ0v) is 12.9. The molecular weight excluding hydrogens is 306 g/mol. The van der Waals surface area contributed by atoms with E-state index in [9.17, 15) is 23.1 Å². The van der Waals surface area contributed by atoms with Gasteiger partial charge in [-0.05, 0) is 24.1 Å². The Kier molecular flexibility index (Phi) is 4.18. The van der Waals surface area contributed by atoms with E-state index in [2.05, 4.69) is 0 Å². The number of hydrogen-bond donors (Lipinski definition) is 1. The molecule has 1 N–H and O–H groups in total. The number of carbonyl (C=O) groups is 1.